The van der Waals surface area contributed by atoms with Crippen molar-refractivity contribution < 1.29 is 5.11 Å². The molecule has 19 heavy (non-hydrogen) atoms. The highest BCUT2D eigenvalue weighted by Gasteiger charge is 2.10. The summed E-state index contributed by atoms with van der Waals surface area (Å²) in [5.74, 6) is 1.80. The van der Waals surface area contributed by atoms with Crippen LogP contribution in [0.25, 0.3) is 16.6 Å². The van der Waals surface area contributed by atoms with Crippen molar-refractivity contribution in [1.82, 2.24) is 14.5 Å². The molecule has 1 N–H and O–H groups in total. The largest absolute Gasteiger partial charge is 0.390 e. The van der Waals surface area contributed by atoms with E-state index in [-0.39, 0.29) is 6.61 Å². The van der Waals surface area contributed by atoms with Crippen molar-refractivity contribution in [2.24, 2.45) is 0 Å². The van der Waals surface area contributed by atoms with Crippen LogP contribution in [0, 0.1) is 0 Å². The molecule has 0 bridgehead atoms. The smallest absolute Gasteiger partial charge is 0.146 e. The molecule has 0 aliphatic rings. The molecule has 0 aliphatic heterocycles. The molecular formula is C15H15N3O. The van der Waals surface area contributed by atoms with Gasteiger partial charge in [0.1, 0.15) is 11.6 Å². The number of imidazole rings is 1. The Morgan fingerprint density at radius 2 is 2.11 bits per heavy atom. The molecule has 0 fully saturated rings. The topological polar surface area (TPSA) is 50.9 Å². The molecule has 2 aromatic heterocycles. The van der Waals surface area contributed by atoms with Crippen LogP contribution >= 0.6 is 0 Å². The van der Waals surface area contributed by atoms with Gasteiger partial charge in [0.05, 0.1) is 12.3 Å². The summed E-state index contributed by atoms with van der Waals surface area (Å²) in [6, 6.07) is 9.97. The first-order valence-electron chi connectivity index (χ1n) is 6.35. The van der Waals surface area contributed by atoms with Crippen molar-refractivity contribution in [3.63, 3.8) is 0 Å². The van der Waals surface area contributed by atoms with E-state index < -0.39 is 0 Å². The third-order valence-electron chi connectivity index (χ3n) is 3.20. The maximum atomic E-state index is 9.36. The number of benzene rings is 1. The highest BCUT2D eigenvalue weighted by atomic mass is 16.3. The minimum absolute atomic E-state index is 0.0615. The molecule has 3 rings (SSSR count). The Kier molecular flexibility index (Phi) is 3.01. The first-order chi connectivity index (χ1) is 9.33. The number of aliphatic hydroxyl groups excluding tert-OH is 1. The van der Waals surface area contributed by atoms with Gasteiger partial charge in [-0.3, -0.25) is 4.57 Å². The van der Waals surface area contributed by atoms with Crippen molar-refractivity contribution in [1.29, 1.82) is 0 Å². The molecule has 0 unspecified atom stereocenters. The highest BCUT2D eigenvalue weighted by molar-refractivity contribution is 5.88. The second-order valence-electron chi connectivity index (χ2n) is 4.38. The van der Waals surface area contributed by atoms with Gasteiger partial charge in [-0.25, -0.2) is 9.97 Å². The molecule has 3 aromatic rings. The van der Waals surface area contributed by atoms with Crippen molar-refractivity contribution in [3.05, 3.63) is 54.2 Å². The maximum absolute atomic E-state index is 9.36. The van der Waals surface area contributed by atoms with Crippen molar-refractivity contribution in [3.8, 4) is 5.82 Å². The average molecular weight is 253 g/mol. The fourth-order valence-electron chi connectivity index (χ4n) is 2.29. The molecule has 0 radical (unpaired) electrons. The number of nitrogens with zero attached hydrogens (tertiary/aromatic N) is 3. The van der Waals surface area contributed by atoms with E-state index in [9.17, 15) is 5.11 Å². The van der Waals surface area contributed by atoms with E-state index >= 15 is 0 Å². The number of aromatic nitrogens is 3. The monoisotopic (exact) mass is 253 g/mol. The van der Waals surface area contributed by atoms with E-state index in [0.717, 1.165) is 28.8 Å². The number of hydrogen-bond donors (Lipinski definition) is 1. The van der Waals surface area contributed by atoms with Crippen LogP contribution < -0.4 is 0 Å². The van der Waals surface area contributed by atoms with Crippen LogP contribution in [0.1, 0.15) is 18.4 Å². The van der Waals surface area contributed by atoms with Crippen LogP contribution in [-0.4, -0.2) is 19.6 Å². The van der Waals surface area contributed by atoms with E-state index in [1.54, 1.807) is 6.20 Å². The first-order valence-corrected chi connectivity index (χ1v) is 6.35. The number of pyridine rings is 1. The van der Waals surface area contributed by atoms with Crippen molar-refractivity contribution in [2.45, 2.75) is 20.0 Å². The molecule has 0 amide bonds. The normalized spacial score (nSPS) is 11.1. The fraction of sp³-hybridized carbons (Fsp3) is 0.200. The minimum atomic E-state index is -0.0615. The average Bonchev–Trinajstić information content (AvgIpc) is 2.94. The van der Waals surface area contributed by atoms with Gasteiger partial charge in [0.25, 0.3) is 0 Å². The van der Waals surface area contributed by atoms with Gasteiger partial charge in [-0.05, 0) is 11.5 Å². The van der Waals surface area contributed by atoms with Crippen LogP contribution in [-0.2, 0) is 13.0 Å². The second-order valence-corrected chi connectivity index (χ2v) is 4.38. The lowest BCUT2D eigenvalue weighted by atomic mass is 10.1. The van der Waals surface area contributed by atoms with Gasteiger partial charge < -0.3 is 5.11 Å². The Hall–Kier alpha value is -2.20. The van der Waals surface area contributed by atoms with Crippen LogP contribution in [0.15, 0.2) is 42.7 Å². The molecule has 4 nitrogen and oxygen atoms in total. The van der Waals surface area contributed by atoms with Gasteiger partial charge >= 0.3 is 0 Å². The lowest BCUT2D eigenvalue weighted by Gasteiger charge is -2.11. The van der Waals surface area contributed by atoms with Gasteiger partial charge in [-0.15, -0.1) is 0 Å². The van der Waals surface area contributed by atoms with E-state index in [1.807, 2.05) is 41.1 Å². The molecule has 0 saturated heterocycles. The number of aryl methyl sites for hydroxylation is 1. The molecule has 2 heterocycles. The number of aliphatic hydroxyl groups is 1. The molecule has 4 heteroatoms. The lowest BCUT2D eigenvalue weighted by molar-refractivity contribution is 0.277. The van der Waals surface area contributed by atoms with Crippen LogP contribution in [0.3, 0.4) is 0 Å². The number of rotatable bonds is 3. The maximum Gasteiger partial charge on any atom is 0.146 e. The Bertz CT molecular complexity index is 718. The Morgan fingerprint density at radius 3 is 2.89 bits per heavy atom. The predicted molar refractivity (Wildman–Crippen MR) is 74.2 cm³/mol. The standard InChI is InChI=1S/C15H15N3O/c1-2-14-16-7-8-18(14)15-13-6-4-3-5-11(13)9-12(10-19)17-15/h3-9,19H,2,10H2,1H3. The quantitative estimate of drug-likeness (QED) is 0.780. The van der Waals surface area contributed by atoms with Crippen molar-refractivity contribution >= 4 is 10.8 Å². The van der Waals surface area contributed by atoms with Gasteiger partial charge in [-0.2, -0.15) is 0 Å². The summed E-state index contributed by atoms with van der Waals surface area (Å²) in [6.45, 7) is 2.00. The second kappa shape index (κ2) is 4.82. The summed E-state index contributed by atoms with van der Waals surface area (Å²) in [5.41, 5.74) is 0.671. The highest BCUT2D eigenvalue weighted by Crippen LogP contribution is 2.22. The predicted octanol–water partition coefficient (Wildman–Crippen LogP) is 2.48. The summed E-state index contributed by atoms with van der Waals surface area (Å²) in [7, 11) is 0. The SMILES string of the molecule is CCc1nccn1-c1nc(CO)cc2ccccc12. The third kappa shape index (κ3) is 2.00. The summed E-state index contributed by atoms with van der Waals surface area (Å²) in [5, 5.41) is 11.5. The first kappa shape index (κ1) is 11.9. The van der Waals surface area contributed by atoms with Crippen LogP contribution in [0.2, 0.25) is 0 Å². The van der Waals surface area contributed by atoms with E-state index in [1.165, 1.54) is 0 Å². The van der Waals surface area contributed by atoms with Gasteiger partial charge in [0.15, 0.2) is 0 Å². The molecule has 1 aromatic carbocycles. The van der Waals surface area contributed by atoms with Crippen molar-refractivity contribution in [2.75, 3.05) is 0 Å². The van der Waals surface area contributed by atoms with E-state index in [2.05, 4.69) is 16.9 Å². The number of hydrogen-bond acceptors (Lipinski definition) is 3. The van der Waals surface area contributed by atoms with Gasteiger partial charge in [0, 0.05) is 24.2 Å². The zero-order chi connectivity index (χ0) is 13.2. The molecule has 0 aliphatic carbocycles. The molecule has 0 spiro atoms. The summed E-state index contributed by atoms with van der Waals surface area (Å²) < 4.78 is 1.99. The van der Waals surface area contributed by atoms with Gasteiger partial charge in [-0.1, -0.05) is 31.2 Å². The lowest BCUT2D eigenvalue weighted by Crippen LogP contribution is -2.04. The fourth-order valence-corrected chi connectivity index (χ4v) is 2.29. The molecule has 96 valence electrons. The molecule has 0 atom stereocenters. The van der Waals surface area contributed by atoms with Crippen LogP contribution in [0.4, 0.5) is 0 Å². The Labute approximate surface area is 111 Å². The Balaban J connectivity index is 2.33. The van der Waals surface area contributed by atoms with Crippen LogP contribution in [0.5, 0.6) is 0 Å². The summed E-state index contributed by atoms with van der Waals surface area (Å²) in [4.78, 5) is 8.88. The van der Waals surface area contributed by atoms with Gasteiger partial charge in [0.2, 0.25) is 0 Å². The van der Waals surface area contributed by atoms with E-state index in [4.69, 9.17) is 0 Å². The minimum Gasteiger partial charge on any atom is -0.390 e. The zero-order valence-corrected chi connectivity index (χ0v) is 10.7. The Morgan fingerprint density at radius 1 is 1.26 bits per heavy atom. The summed E-state index contributed by atoms with van der Waals surface area (Å²) in [6.07, 6.45) is 4.53. The van der Waals surface area contributed by atoms with E-state index in [0.29, 0.717) is 5.69 Å². The number of fused-ring (bicyclic) bond motifs is 1. The molecular weight excluding hydrogens is 238 g/mol. The third-order valence-corrected chi connectivity index (χ3v) is 3.20. The zero-order valence-electron chi connectivity index (χ0n) is 10.7. The summed E-state index contributed by atoms with van der Waals surface area (Å²) >= 11 is 0. The molecule has 0 saturated carbocycles.